The lowest BCUT2D eigenvalue weighted by Gasteiger charge is -2.11. The molecule has 1 N–H and O–H groups in total. The normalized spacial score (nSPS) is 16.6. The Bertz CT molecular complexity index is 431. The van der Waals surface area contributed by atoms with Gasteiger partial charge in [0, 0.05) is 14.9 Å². The largest absolute Gasteiger partial charge is 0.351 e. The molecule has 1 aliphatic rings. The van der Waals surface area contributed by atoms with Crippen molar-refractivity contribution >= 4 is 44.4 Å². The van der Waals surface area contributed by atoms with Gasteiger partial charge in [0.1, 0.15) is 0 Å². The van der Waals surface area contributed by atoms with Crippen molar-refractivity contribution in [3.8, 4) is 0 Å². The van der Waals surface area contributed by atoms with Crippen LogP contribution in [0.15, 0.2) is 18.2 Å². The Morgan fingerprint density at radius 3 is 2.94 bits per heavy atom. The molecule has 1 amide bonds. The highest BCUT2D eigenvalue weighted by atomic mass is 127. The summed E-state index contributed by atoms with van der Waals surface area (Å²) in [6, 6.07) is 5.83. The van der Waals surface area contributed by atoms with Gasteiger partial charge in [-0.25, -0.2) is 0 Å². The van der Waals surface area contributed by atoms with E-state index in [1.165, 1.54) is 12.8 Å². The molecule has 1 aliphatic carbocycles. The number of alkyl halides is 1. The lowest BCUT2D eigenvalue weighted by Crippen LogP contribution is -2.31. The maximum absolute atomic E-state index is 12.0. The zero-order chi connectivity index (χ0) is 12.4. The minimum atomic E-state index is 0.0307. The zero-order valence-corrected chi connectivity index (χ0v) is 13.4. The van der Waals surface area contributed by atoms with Crippen LogP contribution >= 0.6 is 38.5 Å². The lowest BCUT2D eigenvalue weighted by atomic mass is 10.1. The van der Waals surface area contributed by atoms with Crippen LogP contribution in [0.25, 0.3) is 0 Å². The van der Waals surface area contributed by atoms with E-state index in [1.807, 2.05) is 25.1 Å². The Hall–Kier alpha value is -0.100. The van der Waals surface area contributed by atoms with E-state index in [2.05, 4.69) is 43.8 Å². The number of carbonyl (C=O) groups is 1. The fourth-order valence-corrected chi connectivity index (χ4v) is 3.03. The number of hydrogen-bond acceptors (Lipinski definition) is 1. The summed E-state index contributed by atoms with van der Waals surface area (Å²) >= 11 is 5.85. The first kappa shape index (κ1) is 13.3. The first-order valence-electron chi connectivity index (χ1n) is 5.77. The van der Waals surface area contributed by atoms with Gasteiger partial charge in [-0.05, 0) is 59.9 Å². The van der Waals surface area contributed by atoms with E-state index in [0.29, 0.717) is 11.4 Å². The van der Waals surface area contributed by atoms with Crippen molar-refractivity contribution in [1.82, 2.24) is 5.32 Å². The number of halogens is 2. The van der Waals surface area contributed by atoms with E-state index in [4.69, 9.17) is 0 Å². The van der Waals surface area contributed by atoms with Crippen molar-refractivity contribution in [1.29, 1.82) is 0 Å². The number of nitrogens with one attached hydrogen (secondary N) is 1. The average molecular weight is 408 g/mol. The summed E-state index contributed by atoms with van der Waals surface area (Å²) in [6.45, 7) is 2.74. The van der Waals surface area contributed by atoms with Gasteiger partial charge in [0.05, 0.1) is 5.56 Å². The molecule has 4 heteroatoms. The summed E-state index contributed by atoms with van der Waals surface area (Å²) in [5, 5.41) is 3.00. The number of amides is 1. The van der Waals surface area contributed by atoms with Gasteiger partial charge in [0.2, 0.25) is 0 Å². The fraction of sp³-hybridized carbons (Fsp3) is 0.462. The van der Waals surface area contributed by atoms with Crippen LogP contribution < -0.4 is 5.32 Å². The molecule has 1 atom stereocenters. The average Bonchev–Trinajstić information content (AvgIpc) is 3.13. The smallest absolute Gasteiger partial charge is 0.252 e. The summed E-state index contributed by atoms with van der Waals surface area (Å²) < 4.78 is 1.04. The summed E-state index contributed by atoms with van der Waals surface area (Å²) in [5.74, 6) is 0.787. The van der Waals surface area contributed by atoms with Gasteiger partial charge >= 0.3 is 0 Å². The highest BCUT2D eigenvalue weighted by Gasteiger charge is 2.29. The number of hydrogen-bond donors (Lipinski definition) is 1. The molecule has 1 aromatic rings. The molecule has 1 unspecified atom stereocenters. The number of carbonyl (C=O) groups excluding carboxylic acids is 1. The lowest BCUT2D eigenvalue weighted by molar-refractivity contribution is 0.0952. The van der Waals surface area contributed by atoms with Crippen LogP contribution in [0.5, 0.6) is 0 Å². The molecule has 2 nitrogen and oxygen atoms in total. The predicted molar refractivity (Wildman–Crippen MR) is 81.7 cm³/mol. The molecule has 0 heterocycles. The van der Waals surface area contributed by atoms with Gasteiger partial charge < -0.3 is 5.32 Å². The van der Waals surface area contributed by atoms with Crippen LogP contribution in [0.2, 0.25) is 0 Å². The van der Waals surface area contributed by atoms with Gasteiger partial charge in [-0.2, -0.15) is 0 Å². The van der Waals surface area contributed by atoms with Crippen molar-refractivity contribution < 1.29 is 4.79 Å². The first-order valence-corrected chi connectivity index (χ1v) is 7.76. The SMILES string of the molecule is Cc1cccc(C(=O)NCC(Br)C2CC2)c1I. The molecule has 0 aliphatic heterocycles. The predicted octanol–water partition coefficient (Wildman–Crippen LogP) is 3.50. The number of aryl methyl sites for hydroxylation is 1. The third-order valence-electron chi connectivity index (χ3n) is 3.03. The molecule has 0 bridgehead atoms. The molecule has 17 heavy (non-hydrogen) atoms. The minimum Gasteiger partial charge on any atom is -0.351 e. The molecule has 2 rings (SSSR count). The second-order valence-electron chi connectivity index (χ2n) is 4.50. The maximum atomic E-state index is 12.0. The van der Waals surface area contributed by atoms with E-state index < -0.39 is 0 Å². The summed E-state index contributed by atoms with van der Waals surface area (Å²) in [6.07, 6.45) is 2.57. The van der Waals surface area contributed by atoms with Crippen molar-refractivity contribution in [3.05, 3.63) is 32.9 Å². The quantitative estimate of drug-likeness (QED) is 0.600. The summed E-state index contributed by atoms with van der Waals surface area (Å²) in [5.41, 5.74) is 1.93. The molecule has 1 aromatic carbocycles. The van der Waals surface area contributed by atoms with Gasteiger partial charge in [-0.15, -0.1) is 0 Å². The molecule has 92 valence electrons. The molecule has 0 aromatic heterocycles. The van der Waals surface area contributed by atoms with E-state index in [9.17, 15) is 4.79 Å². The third-order valence-corrected chi connectivity index (χ3v) is 5.53. The van der Waals surface area contributed by atoms with Crippen LogP contribution in [0.3, 0.4) is 0 Å². The van der Waals surface area contributed by atoms with Crippen molar-refractivity contribution in [3.63, 3.8) is 0 Å². The van der Waals surface area contributed by atoms with Gasteiger partial charge in [0.25, 0.3) is 5.91 Å². The van der Waals surface area contributed by atoms with Crippen LogP contribution in [0.4, 0.5) is 0 Å². The molecule has 0 spiro atoms. The van der Waals surface area contributed by atoms with E-state index in [-0.39, 0.29) is 5.91 Å². The van der Waals surface area contributed by atoms with E-state index in [1.54, 1.807) is 0 Å². The topological polar surface area (TPSA) is 29.1 Å². The van der Waals surface area contributed by atoms with Crippen molar-refractivity contribution in [2.45, 2.75) is 24.6 Å². The van der Waals surface area contributed by atoms with Crippen LogP contribution in [0.1, 0.15) is 28.8 Å². The monoisotopic (exact) mass is 407 g/mol. The Morgan fingerprint density at radius 2 is 2.29 bits per heavy atom. The Kier molecular flexibility index (Phi) is 4.47. The van der Waals surface area contributed by atoms with Crippen molar-refractivity contribution in [2.75, 3.05) is 6.54 Å². The minimum absolute atomic E-state index is 0.0307. The fourth-order valence-electron chi connectivity index (χ4n) is 1.73. The van der Waals surface area contributed by atoms with Gasteiger partial charge in [-0.1, -0.05) is 28.1 Å². The number of benzene rings is 1. The molecule has 0 saturated heterocycles. The highest BCUT2D eigenvalue weighted by Crippen LogP contribution is 2.36. The standard InChI is InChI=1S/C13H15BrINO/c1-8-3-2-4-10(12(8)15)13(17)16-7-11(14)9-5-6-9/h2-4,9,11H,5-7H2,1H3,(H,16,17). The van der Waals surface area contributed by atoms with Crippen LogP contribution in [0, 0.1) is 16.4 Å². The van der Waals surface area contributed by atoms with Crippen molar-refractivity contribution in [2.24, 2.45) is 5.92 Å². The molecule has 1 saturated carbocycles. The van der Waals surface area contributed by atoms with E-state index in [0.717, 1.165) is 20.6 Å². The Balaban J connectivity index is 1.96. The summed E-state index contributed by atoms with van der Waals surface area (Å²) in [4.78, 5) is 12.5. The Labute approximate surface area is 124 Å². The molecule has 1 fully saturated rings. The van der Waals surface area contributed by atoms with Gasteiger partial charge in [-0.3, -0.25) is 4.79 Å². The second-order valence-corrected chi connectivity index (χ2v) is 6.75. The number of rotatable bonds is 4. The van der Waals surface area contributed by atoms with E-state index >= 15 is 0 Å². The van der Waals surface area contributed by atoms with Crippen LogP contribution in [-0.4, -0.2) is 17.3 Å². The summed E-state index contributed by atoms with van der Waals surface area (Å²) in [7, 11) is 0. The van der Waals surface area contributed by atoms with Gasteiger partial charge in [0.15, 0.2) is 0 Å². The molecular formula is C13H15BrINO. The highest BCUT2D eigenvalue weighted by molar-refractivity contribution is 14.1. The second kappa shape index (κ2) is 5.69. The van der Waals surface area contributed by atoms with Crippen LogP contribution in [-0.2, 0) is 0 Å². The Morgan fingerprint density at radius 1 is 1.59 bits per heavy atom. The first-order chi connectivity index (χ1) is 8.09. The third kappa shape index (κ3) is 3.44. The maximum Gasteiger partial charge on any atom is 0.252 e. The molecular weight excluding hydrogens is 393 g/mol. The zero-order valence-electron chi connectivity index (χ0n) is 9.67. The molecule has 0 radical (unpaired) electrons.